The van der Waals surface area contributed by atoms with Gasteiger partial charge in [0.25, 0.3) is 0 Å². The highest BCUT2D eigenvalue weighted by atomic mass is 28.3. The number of hydrogen-bond acceptors (Lipinski definition) is 2. The standard InChI is InChI=1S/C11H22O2Si/c1-4-12-14(13-5-2)10-8-11(10,3)9-6-7-9/h9-10,14H,4-8H2,1-3H3. The highest BCUT2D eigenvalue weighted by Crippen LogP contribution is 2.69. The van der Waals surface area contributed by atoms with Crippen molar-refractivity contribution in [3.05, 3.63) is 0 Å². The summed E-state index contributed by atoms with van der Waals surface area (Å²) >= 11 is 0. The minimum absolute atomic E-state index is 0.612. The molecule has 0 aliphatic heterocycles. The summed E-state index contributed by atoms with van der Waals surface area (Å²) in [6, 6.07) is 0. The van der Waals surface area contributed by atoms with Gasteiger partial charge in [0, 0.05) is 18.8 Å². The second-order valence-corrected chi connectivity index (χ2v) is 7.08. The summed E-state index contributed by atoms with van der Waals surface area (Å²) in [7, 11) is -1.34. The molecule has 0 aromatic rings. The van der Waals surface area contributed by atoms with Gasteiger partial charge >= 0.3 is 9.28 Å². The Morgan fingerprint density at radius 2 is 1.79 bits per heavy atom. The highest BCUT2D eigenvalue weighted by molar-refractivity contribution is 6.48. The van der Waals surface area contributed by atoms with Gasteiger partial charge in [-0.1, -0.05) is 6.92 Å². The molecule has 82 valence electrons. The molecule has 0 aromatic heterocycles. The summed E-state index contributed by atoms with van der Waals surface area (Å²) in [5, 5.41) is 0. The van der Waals surface area contributed by atoms with Gasteiger partial charge in [-0.15, -0.1) is 0 Å². The van der Waals surface area contributed by atoms with Crippen LogP contribution < -0.4 is 0 Å². The number of rotatable bonds is 6. The maximum absolute atomic E-state index is 5.80. The first-order chi connectivity index (χ1) is 6.72. The van der Waals surface area contributed by atoms with E-state index in [9.17, 15) is 0 Å². The van der Waals surface area contributed by atoms with Crippen molar-refractivity contribution in [1.29, 1.82) is 0 Å². The van der Waals surface area contributed by atoms with E-state index in [1.807, 2.05) is 0 Å². The van der Waals surface area contributed by atoms with Crippen LogP contribution in [0.2, 0.25) is 5.54 Å². The summed E-state index contributed by atoms with van der Waals surface area (Å²) in [4.78, 5) is 0. The average Bonchev–Trinajstić information content (AvgIpc) is 2.96. The van der Waals surface area contributed by atoms with Crippen LogP contribution in [0.1, 0.15) is 40.0 Å². The Kier molecular flexibility index (Phi) is 3.00. The molecule has 2 aliphatic carbocycles. The lowest BCUT2D eigenvalue weighted by Crippen LogP contribution is -2.26. The average molecular weight is 214 g/mol. The van der Waals surface area contributed by atoms with Gasteiger partial charge < -0.3 is 8.85 Å². The van der Waals surface area contributed by atoms with E-state index in [1.54, 1.807) is 0 Å². The molecule has 0 heterocycles. The van der Waals surface area contributed by atoms with Crippen LogP contribution in [0.25, 0.3) is 0 Å². The van der Waals surface area contributed by atoms with E-state index in [0.29, 0.717) is 5.41 Å². The van der Waals surface area contributed by atoms with Gasteiger partial charge in [0.05, 0.1) is 0 Å². The normalized spacial score (nSPS) is 36.4. The Balaban J connectivity index is 1.86. The van der Waals surface area contributed by atoms with Crippen molar-refractivity contribution in [2.75, 3.05) is 13.2 Å². The molecule has 2 rings (SSSR count). The van der Waals surface area contributed by atoms with Crippen LogP contribution in [0, 0.1) is 11.3 Å². The lowest BCUT2D eigenvalue weighted by molar-refractivity contribution is 0.207. The molecule has 14 heavy (non-hydrogen) atoms. The molecule has 0 spiro atoms. The Bertz CT molecular complexity index is 199. The third kappa shape index (κ3) is 1.90. The van der Waals surface area contributed by atoms with Crippen molar-refractivity contribution < 1.29 is 8.85 Å². The van der Waals surface area contributed by atoms with Crippen LogP contribution in [0.15, 0.2) is 0 Å². The van der Waals surface area contributed by atoms with Crippen molar-refractivity contribution in [1.82, 2.24) is 0 Å². The minimum atomic E-state index is -1.34. The highest BCUT2D eigenvalue weighted by Gasteiger charge is 2.62. The molecule has 0 N–H and O–H groups in total. The second kappa shape index (κ2) is 3.95. The molecule has 0 bridgehead atoms. The van der Waals surface area contributed by atoms with E-state index in [2.05, 4.69) is 20.8 Å². The van der Waals surface area contributed by atoms with E-state index >= 15 is 0 Å². The lowest BCUT2D eigenvalue weighted by Gasteiger charge is -2.17. The molecule has 2 nitrogen and oxygen atoms in total. The van der Waals surface area contributed by atoms with Crippen molar-refractivity contribution in [3.63, 3.8) is 0 Å². The second-order valence-electron chi connectivity index (χ2n) is 4.87. The van der Waals surface area contributed by atoms with Crippen LogP contribution in [-0.4, -0.2) is 22.5 Å². The van der Waals surface area contributed by atoms with Gasteiger partial charge in [0.1, 0.15) is 0 Å². The van der Waals surface area contributed by atoms with E-state index in [1.165, 1.54) is 19.3 Å². The maximum atomic E-state index is 5.80. The van der Waals surface area contributed by atoms with E-state index < -0.39 is 9.28 Å². The van der Waals surface area contributed by atoms with Gasteiger partial charge in [-0.2, -0.15) is 0 Å². The van der Waals surface area contributed by atoms with E-state index in [-0.39, 0.29) is 0 Å². The predicted octanol–water partition coefficient (Wildman–Crippen LogP) is 2.47. The summed E-state index contributed by atoms with van der Waals surface area (Å²) in [5.74, 6) is 1.00. The zero-order valence-corrected chi connectivity index (χ0v) is 10.7. The van der Waals surface area contributed by atoms with Crippen molar-refractivity contribution in [2.45, 2.75) is 45.6 Å². The third-order valence-electron chi connectivity index (χ3n) is 3.85. The largest absolute Gasteiger partial charge is 0.397 e. The Morgan fingerprint density at radius 1 is 1.21 bits per heavy atom. The molecule has 0 radical (unpaired) electrons. The zero-order chi connectivity index (χ0) is 10.2. The Morgan fingerprint density at radius 3 is 2.21 bits per heavy atom. The van der Waals surface area contributed by atoms with Gasteiger partial charge in [0.15, 0.2) is 0 Å². The molecule has 2 fully saturated rings. The Labute approximate surface area is 88.8 Å². The predicted molar refractivity (Wildman–Crippen MR) is 59.6 cm³/mol. The summed E-state index contributed by atoms with van der Waals surface area (Å²) < 4.78 is 11.6. The van der Waals surface area contributed by atoms with Gasteiger partial charge in [0.2, 0.25) is 0 Å². The summed E-state index contributed by atoms with van der Waals surface area (Å²) in [6.07, 6.45) is 4.27. The molecule has 2 atom stereocenters. The first kappa shape index (κ1) is 10.6. The Hall–Kier alpha value is 0.137. The molecule has 0 aromatic carbocycles. The molecule has 0 amide bonds. The topological polar surface area (TPSA) is 18.5 Å². The minimum Gasteiger partial charge on any atom is -0.397 e. The summed E-state index contributed by atoms with van der Waals surface area (Å²) in [5.41, 5.74) is 1.41. The molecular formula is C11H22O2Si. The monoisotopic (exact) mass is 214 g/mol. The van der Waals surface area contributed by atoms with Crippen molar-refractivity contribution in [3.8, 4) is 0 Å². The van der Waals surface area contributed by atoms with Crippen molar-refractivity contribution >= 4 is 9.28 Å². The van der Waals surface area contributed by atoms with Crippen LogP contribution in [-0.2, 0) is 8.85 Å². The SMILES string of the molecule is CCO[SiH](OCC)C1CC1(C)C1CC1. The van der Waals surface area contributed by atoms with E-state index in [0.717, 1.165) is 24.7 Å². The fraction of sp³-hybridized carbons (Fsp3) is 1.00. The van der Waals surface area contributed by atoms with Crippen LogP contribution >= 0.6 is 0 Å². The maximum Gasteiger partial charge on any atom is 0.325 e. The van der Waals surface area contributed by atoms with Gasteiger partial charge in [-0.3, -0.25) is 0 Å². The smallest absolute Gasteiger partial charge is 0.325 e. The van der Waals surface area contributed by atoms with Gasteiger partial charge in [-0.05, 0) is 44.4 Å². The van der Waals surface area contributed by atoms with Gasteiger partial charge in [-0.25, -0.2) is 0 Å². The van der Waals surface area contributed by atoms with Crippen LogP contribution in [0.5, 0.6) is 0 Å². The first-order valence-corrected chi connectivity index (χ1v) is 7.56. The molecule has 2 unspecified atom stereocenters. The van der Waals surface area contributed by atoms with Crippen LogP contribution in [0.4, 0.5) is 0 Å². The molecule has 0 saturated heterocycles. The molecular weight excluding hydrogens is 192 g/mol. The summed E-state index contributed by atoms with van der Waals surface area (Å²) in [6.45, 7) is 8.25. The fourth-order valence-electron chi connectivity index (χ4n) is 2.64. The van der Waals surface area contributed by atoms with Crippen molar-refractivity contribution in [2.24, 2.45) is 11.3 Å². The zero-order valence-electron chi connectivity index (χ0n) is 9.58. The van der Waals surface area contributed by atoms with Crippen LogP contribution in [0.3, 0.4) is 0 Å². The quantitative estimate of drug-likeness (QED) is 0.632. The third-order valence-corrected chi connectivity index (χ3v) is 6.83. The molecule has 2 aliphatic rings. The molecule has 3 heteroatoms. The number of hydrogen-bond donors (Lipinski definition) is 0. The molecule has 2 saturated carbocycles. The lowest BCUT2D eigenvalue weighted by atomic mass is 10.0. The first-order valence-electron chi connectivity index (χ1n) is 5.95. The van der Waals surface area contributed by atoms with E-state index in [4.69, 9.17) is 8.85 Å². The fourth-order valence-corrected chi connectivity index (χ4v) is 5.46.